The van der Waals surface area contributed by atoms with Gasteiger partial charge in [0.1, 0.15) is 0 Å². The third-order valence-electron chi connectivity index (χ3n) is 4.06. The summed E-state index contributed by atoms with van der Waals surface area (Å²) >= 11 is 0. The second kappa shape index (κ2) is 15.9. The van der Waals surface area contributed by atoms with Crippen LogP contribution < -0.4 is 0 Å². The smallest absolute Gasteiger partial charge is 0.287 e. The maximum absolute atomic E-state index is 12.7. The number of rotatable bonds is 18. The van der Waals surface area contributed by atoms with Crippen LogP contribution >= 0.6 is 7.82 Å². The molecule has 0 aromatic carbocycles. The Hall–Kier alpha value is -0.100. The van der Waals surface area contributed by atoms with Gasteiger partial charge in [0.15, 0.2) is 0 Å². The monoisotopic (exact) mass is 404 g/mol. The third kappa shape index (κ3) is 14.0. The zero-order valence-corrected chi connectivity index (χ0v) is 17.3. The van der Waals surface area contributed by atoms with Crippen molar-refractivity contribution < 1.29 is 31.3 Å². The molecule has 0 fully saturated rings. The van der Waals surface area contributed by atoms with E-state index in [1.54, 1.807) is 20.8 Å². The van der Waals surface area contributed by atoms with Crippen LogP contribution in [0.1, 0.15) is 59.3 Å². The molecule has 26 heavy (non-hydrogen) atoms. The molecule has 0 spiro atoms. The van der Waals surface area contributed by atoms with Gasteiger partial charge in [-0.1, -0.05) is 20.8 Å². The summed E-state index contributed by atoms with van der Waals surface area (Å²) in [5, 5.41) is 0. The first-order chi connectivity index (χ1) is 12.4. The van der Waals surface area contributed by atoms with Gasteiger partial charge >= 0.3 is 7.82 Å². The van der Waals surface area contributed by atoms with Crippen molar-refractivity contribution in [2.45, 2.75) is 59.3 Å². The molecule has 4 nitrogen and oxygen atoms in total. The number of phosphoric acid groups is 1. The first-order valence-corrected chi connectivity index (χ1v) is 11.0. The van der Waals surface area contributed by atoms with Crippen molar-refractivity contribution in [3.05, 3.63) is 0 Å². The maximum atomic E-state index is 12.7. The lowest BCUT2D eigenvalue weighted by Gasteiger charge is -2.19. The first-order valence-electron chi connectivity index (χ1n) is 9.58. The molecule has 0 aromatic heterocycles. The van der Waals surface area contributed by atoms with Crippen molar-refractivity contribution in [3.63, 3.8) is 0 Å². The highest BCUT2D eigenvalue weighted by Gasteiger charge is 2.26. The predicted octanol–water partition coefficient (Wildman–Crippen LogP) is 6.30. The number of phosphoric ester groups is 1. The summed E-state index contributed by atoms with van der Waals surface area (Å²) in [5.74, 6) is -0.197. The third-order valence-corrected chi connectivity index (χ3v) is 5.56. The number of alkyl halides is 3. The van der Waals surface area contributed by atoms with E-state index in [0.717, 1.165) is 0 Å². The number of hydrogen-bond acceptors (Lipinski definition) is 4. The van der Waals surface area contributed by atoms with Crippen LogP contribution in [-0.4, -0.2) is 39.8 Å². The Labute approximate surface area is 156 Å². The van der Waals surface area contributed by atoms with Crippen LogP contribution in [0.15, 0.2) is 0 Å². The molecule has 0 N–H and O–H groups in total. The van der Waals surface area contributed by atoms with Crippen molar-refractivity contribution in [1.29, 1.82) is 0 Å². The van der Waals surface area contributed by atoms with Gasteiger partial charge in [-0.25, -0.2) is 4.57 Å². The highest BCUT2D eigenvalue weighted by Crippen LogP contribution is 2.50. The Morgan fingerprint density at radius 2 is 0.923 bits per heavy atom. The average Bonchev–Trinajstić information content (AvgIpc) is 2.65. The van der Waals surface area contributed by atoms with Crippen LogP contribution in [0.4, 0.5) is 13.2 Å². The Kier molecular flexibility index (Phi) is 15.8. The minimum absolute atomic E-state index is 0.0656. The molecule has 158 valence electrons. The van der Waals surface area contributed by atoms with E-state index in [0.29, 0.717) is 38.5 Å². The Balaban J connectivity index is 4.29. The lowest BCUT2D eigenvalue weighted by atomic mass is 10.1. The molecule has 3 atom stereocenters. The van der Waals surface area contributed by atoms with E-state index in [1.165, 1.54) is 0 Å². The van der Waals surface area contributed by atoms with Gasteiger partial charge in [0.25, 0.3) is 0 Å². The summed E-state index contributed by atoms with van der Waals surface area (Å²) in [6.07, 6.45) is 3.54. The molecule has 0 rings (SSSR count). The molecule has 0 aliphatic carbocycles. The van der Waals surface area contributed by atoms with Gasteiger partial charge in [0.2, 0.25) is 0 Å². The molecule has 8 heteroatoms. The van der Waals surface area contributed by atoms with Crippen LogP contribution in [0.3, 0.4) is 0 Å². The summed E-state index contributed by atoms with van der Waals surface area (Å²) in [7, 11) is -3.71. The minimum atomic E-state index is -3.71. The lowest BCUT2D eigenvalue weighted by Crippen LogP contribution is -2.07. The summed E-state index contributed by atoms with van der Waals surface area (Å²) in [4.78, 5) is 0. The van der Waals surface area contributed by atoms with Gasteiger partial charge in [0, 0.05) is 0 Å². The van der Waals surface area contributed by atoms with Crippen molar-refractivity contribution >= 4 is 7.82 Å². The fraction of sp³-hybridized carbons (Fsp3) is 1.00. The normalized spacial score (nSPS) is 17.6. The summed E-state index contributed by atoms with van der Waals surface area (Å²) in [5.41, 5.74) is 0. The van der Waals surface area contributed by atoms with E-state index in [4.69, 9.17) is 13.6 Å². The molecule has 0 amide bonds. The molecule has 3 unspecified atom stereocenters. The fourth-order valence-corrected chi connectivity index (χ4v) is 3.45. The van der Waals surface area contributed by atoms with Gasteiger partial charge < -0.3 is 0 Å². The Morgan fingerprint density at radius 1 is 0.654 bits per heavy atom. The van der Waals surface area contributed by atoms with E-state index in [1.807, 2.05) is 0 Å². The number of hydrogen-bond donors (Lipinski definition) is 0. The fourth-order valence-electron chi connectivity index (χ4n) is 2.17. The second-order valence-electron chi connectivity index (χ2n) is 7.15. The standard InChI is InChI=1S/C18H36F3O4P/c1-16(13-19)7-4-10-23-26(22,24-11-5-8-17(2)14-20)25-12-6-9-18(3)15-21/h16-18H,4-15H2,1-3H3. The molecule has 0 aliphatic heterocycles. The highest BCUT2D eigenvalue weighted by atomic mass is 31.2. The topological polar surface area (TPSA) is 44.8 Å². The molecule has 0 saturated heterocycles. The van der Waals surface area contributed by atoms with Crippen molar-refractivity contribution in [1.82, 2.24) is 0 Å². The Morgan fingerprint density at radius 3 is 1.15 bits per heavy atom. The molecule has 0 bridgehead atoms. The first kappa shape index (κ1) is 25.9. The van der Waals surface area contributed by atoms with Crippen LogP contribution in [0.5, 0.6) is 0 Å². The van der Waals surface area contributed by atoms with Crippen molar-refractivity contribution in [2.24, 2.45) is 17.8 Å². The van der Waals surface area contributed by atoms with Crippen LogP contribution in [-0.2, 0) is 18.1 Å². The SMILES string of the molecule is CC(CF)CCCOP(=O)(OCCCC(C)CF)OCCCC(C)CF. The Bertz CT molecular complexity index is 322. The van der Waals surface area contributed by atoms with Gasteiger partial charge in [0.05, 0.1) is 39.8 Å². The summed E-state index contributed by atoms with van der Waals surface area (Å²) in [6, 6.07) is 0. The molecule has 0 radical (unpaired) electrons. The van der Waals surface area contributed by atoms with Crippen LogP contribution in [0, 0.1) is 17.8 Å². The van der Waals surface area contributed by atoms with E-state index in [-0.39, 0.29) is 37.6 Å². The maximum Gasteiger partial charge on any atom is 0.474 e. The van der Waals surface area contributed by atoms with E-state index >= 15 is 0 Å². The van der Waals surface area contributed by atoms with Gasteiger partial charge in [-0.3, -0.25) is 26.7 Å². The van der Waals surface area contributed by atoms with E-state index < -0.39 is 27.8 Å². The quantitative estimate of drug-likeness (QED) is 0.199. The van der Waals surface area contributed by atoms with E-state index in [2.05, 4.69) is 0 Å². The van der Waals surface area contributed by atoms with Crippen molar-refractivity contribution in [2.75, 3.05) is 39.8 Å². The molecule has 0 aliphatic rings. The van der Waals surface area contributed by atoms with E-state index in [9.17, 15) is 17.7 Å². The van der Waals surface area contributed by atoms with Gasteiger partial charge in [-0.2, -0.15) is 0 Å². The largest absolute Gasteiger partial charge is 0.474 e. The predicted molar refractivity (Wildman–Crippen MR) is 98.6 cm³/mol. The molecular formula is C18H36F3O4P. The van der Waals surface area contributed by atoms with Crippen LogP contribution in [0.2, 0.25) is 0 Å². The van der Waals surface area contributed by atoms with Crippen LogP contribution in [0.25, 0.3) is 0 Å². The molecule has 0 saturated carbocycles. The highest BCUT2D eigenvalue weighted by molar-refractivity contribution is 7.48. The average molecular weight is 404 g/mol. The lowest BCUT2D eigenvalue weighted by molar-refractivity contribution is 0.105. The van der Waals surface area contributed by atoms with Gasteiger partial charge in [-0.15, -0.1) is 0 Å². The summed E-state index contributed by atoms with van der Waals surface area (Å²) < 4.78 is 66.0. The minimum Gasteiger partial charge on any atom is -0.287 e. The number of halogens is 3. The zero-order valence-electron chi connectivity index (χ0n) is 16.4. The molecule has 0 aromatic rings. The summed E-state index contributed by atoms with van der Waals surface area (Å²) in [6.45, 7) is 4.66. The molecular weight excluding hydrogens is 368 g/mol. The zero-order chi connectivity index (χ0) is 19.8. The molecule has 0 heterocycles. The van der Waals surface area contributed by atoms with Crippen molar-refractivity contribution in [3.8, 4) is 0 Å². The second-order valence-corrected chi connectivity index (χ2v) is 8.82. The van der Waals surface area contributed by atoms with Gasteiger partial charge in [-0.05, 0) is 56.3 Å².